The second-order valence-corrected chi connectivity index (χ2v) is 8.80. The molecule has 3 N–H and O–H groups in total. The van der Waals surface area contributed by atoms with E-state index in [1.54, 1.807) is 30.8 Å². The fourth-order valence-corrected chi connectivity index (χ4v) is 4.13. The number of hydrogen-bond donors (Lipinski definition) is 3. The van der Waals surface area contributed by atoms with Gasteiger partial charge in [0.25, 0.3) is 5.91 Å². The van der Waals surface area contributed by atoms with Crippen molar-refractivity contribution in [2.24, 2.45) is 7.05 Å². The third-order valence-electron chi connectivity index (χ3n) is 6.08. The number of benzene rings is 2. The van der Waals surface area contributed by atoms with Gasteiger partial charge in [0.15, 0.2) is 11.5 Å². The van der Waals surface area contributed by atoms with Gasteiger partial charge in [0.1, 0.15) is 35.5 Å². The summed E-state index contributed by atoms with van der Waals surface area (Å²) >= 11 is 0. The van der Waals surface area contributed by atoms with E-state index in [4.69, 9.17) is 4.74 Å². The van der Waals surface area contributed by atoms with E-state index >= 15 is 0 Å². The molecule has 1 aliphatic heterocycles. The number of ether oxygens (including phenoxy) is 1. The standard InChI is InChI=1S/C26H26FN7O2/c1-14-9-17(5-7-19(14)27)11-28-26(35)24-22-23(29-13-30-24)25(34(4)33-22)32-16(3)18-6-8-21-20(10-18)31-15(2)12-36-21/h5-10,13,16,31-32H,2,11-12H2,1,3-4H3,(H,28,35). The van der Waals surface area contributed by atoms with E-state index in [0.29, 0.717) is 29.0 Å². The van der Waals surface area contributed by atoms with E-state index in [1.165, 1.54) is 12.4 Å². The minimum absolute atomic E-state index is 0.0974. The molecule has 4 aromatic rings. The summed E-state index contributed by atoms with van der Waals surface area (Å²) in [4.78, 5) is 21.5. The van der Waals surface area contributed by atoms with Gasteiger partial charge in [0, 0.05) is 19.3 Å². The van der Waals surface area contributed by atoms with Crippen LogP contribution in [0.2, 0.25) is 0 Å². The van der Waals surface area contributed by atoms with Gasteiger partial charge in [-0.2, -0.15) is 5.10 Å². The lowest BCUT2D eigenvalue weighted by Gasteiger charge is -2.23. The molecule has 0 bridgehead atoms. The number of carbonyl (C=O) groups excluding carboxylic acids is 1. The van der Waals surface area contributed by atoms with Crippen LogP contribution < -0.4 is 20.7 Å². The van der Waals surface area contributed by atoms with Crippen LogP contribution in [0.4, 0.5) is 15.9 Å². The molecule has 5 rings (SSSR count). The number of aromatic nitrogens is 4. The maximum Gasteiger partial charge on any atom is 0.272 e. The molecule has 1 atom stereocenters. The number of nitrogens with one attached hydrogen (secondary N) is 3. The molecule has 1 amide bonds. The van der Waals surface area contributed by atoms with E-state index in [1.807, 2.05) is 25.1 Å². The lowest BCUT2D eigenvalue weighted by atomic mass is 10.1. The third kappa shape index (κ3) is 4.45. The first-order valence-electron chi connectivity index (χ1n) is 11.5. The number of aryl methyl sites for hydroxylation is 2. The molecular formula is C26H26FN7O2. The maximum atomic E-state index is 13.5. The predicted octanol–water partition coefficient (Wildman–Crippen LogP) is 4.23. The number of fused-ring (bicyclic) bond motifs is 2. The first-order chi connectivity index (χ1) is 17.3. The number of halogens is 1. The van der Waals surface area contributed by atoms with Crippen LogP contribution in [0.15, 0.2) is 55.0 Å². The van der Waals surface area contributed by atoms with E-state index in [9.17, 15) is 9.18 Å². The number of carbonyl (C=O) groups is 1. The summed E-state index contributed by atoms with van der Waals surface area (Å²) in [6.45, 7) is 8.32. The molecule has 10 heteroatoms. The number of anilines is 2. The van der Waals surface area contributed by atoms with E-state index in [2.05, 4.69) is 37.6 Å². The Hall–Kier alpha value is -4.47. The number of rotatable bonds is 6. The fourth-order valence-electron chi connectivity index (χ4n) is 4.13. The number of nitrogens with zero attached hydrogens (tertiary/aromatic N) is 4. The van der Waals surface area contributed by atoms with Crippen molar-refractivity contribution in [2.75, 3.05) is 17.2 Å². The zero-order valence-electron chi connectivity index (χ0n) is 20.2. The summed E-state index contributed by atoms with van der Waals surface area (Å²) in [5.41, 5.74) is 5.10. The van der Waals surface area contributed by atoms with E-state index in [-0.39, 0.29) is 30.0 Å². The van der Waals surface area contributed by atoms with E-state index < -0.39 is 0 Å². The van der Waals surface area contributed by atoms with Gasteiger partial charge in [-0.05, 0) is 48.7 Å². The maximum absolute atomic E-state index is 13.5. The summed E-state index contributed by atoms with van der Waals surface area (Å²) in [6, 6.07) is 10.6. The van der Waals surface area contributed by atoms with Gasteiger partial charge in [0.05, 0.1) is 11.7 Å². The molecule has 3 heterocycles. The van der Waals surface area contributed by atoms with Crippen molar-refractivity contribution in [3.63, 3.8) is 0 Å². The Balaban J connectivity index is 1.37. The van der Waals surface area contributed by atoms with Gasteiger partial charge in [-0.1, -0.05) is 24.8 Å². The molecule has 1 aliphatic rings. The smallest absolute Gasteiger partial charge is 0.272 e. The summed E-state index contributed by atoms with van der Waals surface area (Å²) < 4.78 is 20.9. The Labute approximate surface area is 207 Å². The molecule has 2 aromatic carbocycles. The van der Waals surface area contributed by atoms with Crippen LogP contribution in [-0.4, -0.2) is 32.3 Å². The van der Waals surface area contributed by atoms with Crippen molar-refractivity contribution in [3.05, 3.63) is 83.2 Å². The molecule has 0 saturated carbocycles. The quantitative estimate of drug-likeness (QED) is 0.374. The second-order valence-electron chi connectivity index (χ2n) is 8.80. The molecule has 0 aliphatic carbocycles. The molecule has 0 spiro atoms. The fraction of sp³-hybridized carbons (Fsp3) is 0.231. The molecule has 184 valence electrons. The average molecular weight is 488 g/mol. The van der Waals surface area contributed by atoms with Crippen LogP contribution in [0, 0.1) is 12.7 Å². The van der Waals surface area contributed by atoms with Gasteiger partial charge in [-0.15, -0.1) is 0 Å². The molecule has 36 heavy (non-hydrogen) atoms. The average Bonchev–Trinajstić information content (AvgIpc) is 3.18. The van der Waals surface area contributed by atoms with Crippen molar-refractivity contribution in [3.8, 4) is 5.75 Å². The predicted molar refractivity (Wildman–Crippen MR) is 135 cm³/mol. The highest BCUT2D eigenvalue weighted by atomic mass is 19.1. The number of amides is 1. The van der Waals surface area contributed by atoms with Crippen LogP contribution in [-0.2, 0) is 13.6 Å². The Morgan fingerprint density at radius 2 is 2.08 bits per heavy atom. The highest BCUT2D eigenvalue weighted by Gasteiger charge is 2.21. The van der Waals surface area contributed by atoms with Crippen LogP contribution in [0.25, 0.3) is 11.0 Å². The second kappa shape index (κ2) is 9.29. The van der Waals surface area contributed by atoms with Crippen LogP contribution in [0.5, 0.6) is 5.75 Å². The van der Waals surface area contributed by atoms with Crippen LogP contribution >= 0.6 is 0 Å². The lowest BCUT2D eigenvalue weighted by molar-refractivity contribution is 0.0947. The highest BCUT2D eigenvalue weighted by molar-refractivity contribution is 6.04. The highest BCUT2D eigenvalue weighted by Crippen LogP contribution is 2.34. The molecular weight excluding hydrogens is 461 g/mol. The normalized spacial score (nSPS) is 13.5. The van der Waals surface area contributed by atoms with Crippen molar-refractivity contribution in [1.82, 2.24) is 25.1 Å². The van der Waals surface area contributed by atoms with Crippen molar-refractivity contribution in [1.29, 1.82) is 0 Å². The van der Waals surface area contributed by atoms with Crippen molar-refractivity contribution in [2.45, 2.75) is 26.4 Å². The Morgan fingerprint density at radius 1 is 1.25 bits per heavy atom. The topological polar surface area (TPSA) is 106 Å². The molecule has 1 unspecified atom stereocenters. The van der Waals surface area contributed by atoms with Gasteiger partial charge in [-0.3, -0.25) is 9.48 Å². The van der Waals surface area contributed by atoms with Crippen molar-refractivity contribution >= 4 is 28.4 Å². The largest absolute Gasteiger partial charge is 0.485 e. The monoisotopic (exact) mass is 487 g/mol. The van der Waals surface area contributed by atoms with Gasteiger partial charge >= 0.3 is 0 Å². The van der Waals surface area contributed by atoms with Crippen LogP contribution in [0.3, 0.4) is 0 Å². The minimum atomic E-state index is -0.386. The first kappa shape index (κ1) is 23.3. The molecule has 2 aromatic heterocycles. The van der Waals surface area contributed by atoms with Crippen LogP contribution in [0.1, 0.15) is 40.1 Å². The molecule has 0 radical (unpaired) electrons. The molecule has 0 saturated heterocycles. The minimum Gasteiger partial charge on any atom is -0.485 e. The van der Waals surface area contributed by atoms with Gasteiger partial charge in [0.2, 0.25) is 0 Å². The summed E-state index contributed by atoms with van der Waals surface area (Å²) in [5, 5.41) is 14.1. The Kier molecular flexibility index (Phi) is 6.01. The summed E-state index contributed by atoms with van der Waals surface area (Å²) in [7, 11) is 1.78. The van der Waals surface area contributed by atoms with Gasteiger partial charge in [-0.25, -0.2) is 14.4 Å². The molecule has 0 fully saturated rings. The Morgan fingerprint density at radius 3 is 2.89 bits per heavy atom. The van der Waals surface area contributed by atoms with Crippen molar-refractivity contribution < 1.29 is 13.9 Å². The summed E-state index contributed by atoms with van der Waals surface area (Å²) in [6.07, 6.45) is 1.35. The summed E-state index contributed by atoms with van der Waals surface area (Å²) in [5.74, 6) is 0.775. The molecule has 9 nitrogen and oxygen atoms in total. The first-order valence-corrected chi connectivity index (χ1v) is 11.5. The zero-order valence-corrected chi connectivity index (χ0v) is 20.2. The number of hydrogen-bond acceptors (Lipinski definition) is 7. The zero-order chi connectivity index (χ0) is 25.4. The SMILES string of the molecule is C=C1COc2ccc(C(C)Nc3c4ncnc(C(=O)NCc5ccc(F)c(C)c5)c4nn3C)cc2N1. The lowest BCUT2D eigenvalue weighted by Crippen LogP contribution is -2.24. The third-order valence-corrected chi connectivity index (χ3v) is 6.08. The van der Waals surface area contributed by atoms with E-state index in [0.717, 1.165) is 28.3 Å². The Bertz CT molecular complexity index is 1500. The van der Waals surface area contributed by atoms with Gasteiger partial charge < -0.3 is 20.7 Å².